The summed E-state index contributed by atoms with van der Waals surface area (Å²) in [5, 5.41) is 9.30. The predicted molar refractivity (Wildman–Crippen MR) is 193 cm³/mol. The number of carbonyl (C=O) groups is 1. The molecule has 2 aromatic carbocycles. The van der Waals surface area contributed by atoms with E-state index in [0.29, 0.717) is 0 Å². The predicted octanol–water partition coefficient (Wildman–Crippen LogP) is 7.87. The molecule has 0 atom stereocenters. The van der Waals surface area contributed by atoms with Crippen LogP contribution in [0.5, 0.6) is 0 Å². The maximum Gasteiger partial charge on any atom is 0.355 e. The zero-order chi connectivity index (χ0) is 31.3. The number of hydrazone groups is 2. The van der Waals surface area contributed by atoms with Crippen molar-refractivity contribution in [3.8, 4) is 0 Å². The first-order valence-electron chi connectivity index (χ1n) is 16.3. The summed E-state index contributed by atoms with van der Waals surface area (Å²) in [5.41, 5.74) is 8.80. The quantitative estimate of drug-likeness (QED) is 0.185. The van der Waals surface area contributed by atoms with Crippen LogP contribution in [0.1, 0.15) is 77.3 Å². The fraction of sp³-hybridized carbons (Fsp3) is 0.486. The van der Waals surface area contributed by atoms with Gasteiger partial charge in [-0.15, -0.1) is 12.4 Å². The van der Waals surface area contributed by atoms with Crippen molar-refractivity contribution in [2.24, 2.45) is 21.0 Å². The average molecular weight is 633 g/mol. The van der Waals surface area contributed by atoms with Gasteiger partial charge in [-0.3, -0.25) is 0 Å². The van der Waals surface area contributed by atoms with E-state index < -0.39 is 6.03 Å². The van der Waals surface area contributed by atoms with Crippen molar-refractivity contribution in [1.82, 2.24) is 20.7 Å². The van der Waals surface area contributed by atoms with Crippen LogP contribution in [0, 0.1) is 10.8 Å². The minimum Gasteiger partial charge on any atom is -0.302 e. The lowest BCUT2D eigenvalue weighted by atomic mass is 9.85. The van der Waals surface area contributed by atoms with Crippen LogP contribution in [-0.2, 0) is 0 Å². The number of piperidine rings is 2. The molecule has 0 unspecified atom stereocenters. The van der Waals surface area contributed by atoms with Crippen LogP contribution in [0.2, 0.25) is 0 Å². The van der Waals surface area contributed by atoms with E-state index in [4.69, 9.17) is 0 Å². The van der Waals surface area contributed by atoms with Gasteiger partial charge in [0.25, 0.3) is 0 Å². The third-order valence-electron chi connectivity index (χ3n) is 8.54. The molecule has 7 nitrogen and oxygen atoms in total. The van der Waals surface area contributed by atoms with Gasteiger partial charge in [0.2, 0.25) is 0 Å². The number of allylic oxidation sites excluding steroid dienone is 2. The standard InChI is InChI=1S/C37H52N6O.ClH/c1-36(2,29-42-25-13-7-14-26-42)33(23-21-31-17-9-5-10-18-31)38-40-35(44)41-39-34(24-22-32-19-11-6-12-20-32)37(3,4)30-43-27-15-8-16-28-43;/h5-6,9-12,17-24H,7-8,13-16,25-30H2,1-4H3,(H2,40,41,44);1H/b23-21+,24-22+,38-33+,39-34+;. The van der Waals surface area contributed by atoms with Crippen LogP contribution in [0.3, 0.4) is 0 Å². The van der Waals surface area contributed by atoms with Crippen molar-refractivity contribution < 1.29 is 4.79 Å². The van der Waals surface area contributed by atoms with Gasteiger partial charge in [0.15, 0.2) is 0 Å². The zero-order valence-corrected chi connectivity index (χ0v) is 28.5. The molecule has 4 rings (SSSR count). The number of nitrogens with one attached hydrogen (secondary N) is 2. The molecule has 2 N–H and O–H groups in total. The molecule has 0 aromatic heterocycles. The molecule has 0 aliphatic carbocycles. The molecule has 2 aliphatic rings. The summed E-state index contributed by atoms with van der Waals surface area (Å²) in [6, 6.07) is 19.9. The minimum atomic E-state index is -0.455. The van der Waals surface area contributed by atoms with Gasteiger partial charge in [-0.1, -0.05) is 113 Å². The fourth-order valence-electron chi connectivity index (χ4n) is 6.07. The van der Waals surface area contributed by atoms with Crippen molar-refractivity contribution in [1.29, 1.82) is 0 Å². The highest BCUT2D eigenvalue weighted by Crippen LogP contribution is 2.25. The lowest BCUT2D eigenvalue weighted by molar-refractivity contribution is 0.186. The molecule has 2 aromatic rings. The molecule has 2 heterocycles. The van der Waals surface area contributed by atoms with Gasteiger partial charge in [0.1, 0.15) is 0 Å². The summed E-state index contributed by atoms with van der Waals surface area (Å²) in [7, 11) is 0. The van der Waals surface area contributed by atoms with Crippen molar-refractivity contribution >= 4 is 42.0 Å². The Morgan fingerprint density at radius 3 is 1.36 bits per heavy atom. The normalized spacial score (nSPS) is 17.8. The topological polar surface area (TPSA) is 72.3 Å². The lowest BCUT2D eigenvalue weighted by Gasteiger charge is -2.35. The highest BCUT2D eigenvalue weighted by Gasteiger charge is 2.29. The SMILES string of the molecule is CC(C)(CN1CCCCC1)C(/C=C/c1ccccc1)=N/NC(=O)N/N=C(\C=C\c1ccccc1)C(C)(C)CN1CCCCC1.Cl. The van der Waals surface area contributed by atoms with E-state index in [2.05, 4.69) is 95.0 Å². The Morgan fingerprint density at radius 2 is 1.00 bits per heavy atom. The second kappa shape index (κ2) is 18.0. The first-order valence-corrected chi connectivity index (χ1v) is 16.3. The second-order valence-corrected chi connectivity index (χ2v) is 13.5. The Morgan fingerprint density at radius 1 is 0.644 bits per heavy atom. The number of carbonyl (C=O) groups excluding carboxylic acids is 1. The van der Waals surface area contributed by atoms with Crippen LogP contribution >= 0.6 is 12.4 Å². The molecule has 0 spiro atoms. The number of halogens is 1. The van der Waals surface area contributed by atoms with Crippen LogP contribution < -0.4 is 10.9 Å². The highest BCUT2D eigenvalue weighted by atomic mass is 35.5. The Labute approximate surface area is 277 Å². The summed E-state index contributed by atoms with van der Waals surface area (Å²) in [5.74, 6) is 0. The summed E-state index contributed by atoms with van der Waals surface area (Å²) < 4.78 is 0. The Kier molecular flexibility index (Phi) is 14.5. The average Bonchev–Trinajstić information content (AvgIpc) is 3.02. The van der Waals surface area contributed by atoms with Gasteiger partial charge in [-0.2, -0.15) is 10.2 Å². The van der Waals surface area contributed by atoms with Crippen LogP contribution in [-0.4, -0.2) is 66.5 Å². The van der Waals surface area contributed by atoms with E-state index in [1.807, 2.05) is 48.6 Å². The van der Waals surface area contributed by atoms with E-state index in [9.17, 15) is 4.79 Å². The largest absolute Gasteiger partial charge is 0.355 e. The van der Waals surface area contributed by atoms with Crippen LogP contribution in [0.4, 0.5) is 4.79 Å². The molecule has 2 fully saturated rings. The van der Waals surface area contributed by atoms with E-state index in [1.165, 1.54) is 38.5 Å². The van der Waals surface area contributed by atoms with E-state index in [0.717, 1.165) is 61.8 Å². The van der Waals surface area contributed by atoms with Crippen molar-refractivity contribution in [3.05, 3.63) is 83.9 Å². The summed E-state index contributed by atoms with van der Waals surface area (Å²) in [4.78, 5) is 18.1. The molecule has 8 heteroatoms. The van der Waals surface area contributed by atoms with Gasteiger partial charge in [0.05, 0.1) is 11.4 Å². The third kappa shape index (κ3) is 12.2. The van der Waals surface area contributed by atoms with E-state index >= 15 is 0 Å². The zero-order valence-electron chi connectivity index (χ0n) is 27.7. The monoisotopic (exact) mass is 632 g/mol. The third-order valence-corrected chi connectivity index (χ3v) is 8.54. The summed E-state index contributed by atoms with van der Waals surface area (Å²) in [6.45, 7) is 15.0. The van der Waals surface area contributed by atoms with Gasteiger partial charge >= 0.3 is 6.03 Å². The number of rotatable bonds is 12. The molecule has 2 aliphatic heterocycles. The molecule has 2 saturated heterocycles. The van der Waals surface area contributed by atoms with Crippen LogP contribution in [0.15, 0.2) is 83.0 Å². The van der Waals surface area contributed by atoms with Gasteiger partial charge in [0, 0.05) is 23.9 Å². The highest BCUT2D eigenvalue weighted by molar-refractivity contribution is 6.03. The Hall–Kier alpha value is -3.26. The van der Waals surface area contributed by atoms with Gasteiger partial charge in [-0.25, -0.2) is 15.6 Å². The van der Waals surface area contributed by atoms with E-state index in [1.54, 1.807) is 0 Å². The molecule has 2 amide bonds. The number of hydrogen-bond donors (Lipinski definition) is 2. The van der Waals surface area contributed by atoms with Gasteiger partial charge in [-0.05, 0) is 75.1 Å². The molecule has 0 bridgehead atoms. The van der Waals surface area contributed by atoms with E-state index in [-0.39, 0.29) is 23.2 Å². The number of amides is 2. The van der Waals surface area contributed by atoms with Crippen LogP contribution in [0.25, 0.3) is 12.2 Å². The van der Waals surface area contributed by atoms with Gasteiger partial charge < -0.3 is 9.80 Å². The molecule has 244 valence electrons. The molecular formula is C37H53ClN6O. The maximum absolute atomic E-state index is 13.1. The lowest BCUT2D eigenvalue weighted by Crippen LogP contribution is -2.43. The number of urea groups is 1. The number of nitrogens with zero attached hydrogens (tertiary/aromatic N) is 4. The van der Waals surface area contributed by atoms with Crippen molar-refractivity contribution in [2.75, 3.05) is 39.3 Å². The molecule has 45 heavy (non-hydrogen) atoms. The number of likely N-dealkylation sites (tertiary alicyclic amines) is 2. The first kappa shape index (κ1) is 36.2. The fourth-order valence-corrected chi connectivity index (χ4v) is 6.07. The molecule has 0 saturated carbocycles. The minimum absolute atomic E-state index is 0. The van der Waals surface area contributed by atoms with Crippen molar-refractivity contribution in [2.45, 2.75) is 66.2 Å². The first-order chi connectivity index (χ1) is 21.2. The number of hydrogen-bond acceptors (Lipinski definition) is 5. The molecule has 0 radical (unpaired) electrons. The summed E-state index contributed by atoms with van der Waals surface area (Å²) >= 11 is 0. The summed E-state index contributed by atoms with van der Waals surface area (Å²) in [6.07, 6.45) is 15.7. The van der Waals surface area contributed by atoms with Crippen molar-refractivity contribution in [3.63, 3.8) is 0 Å². The smallest absolute Gasteiger partial charge is 0.302 e. The Balaban J connectivity index is 0.00000552. The second-order valence-electron chi connectivity index (χ2n) is 13.5. The molecular weight excluding hydrogens is 580 g/mol. The number of benzene rings is 2. The Bertz CT molecular complexity index is 1190. The maximum atomic E-state index is 13.1.